The lowest BCUT2D eigenvalue weighted by Crippen LogP contribution is -2.11. The summed E-state index contributed by atoms with van der Waals surface area (Å²) in [5.41, 5.74) is 9.01. The molecule has 2 aromatic heterocycles. The molecule has 0 unspecified atom stereocenters. The quantitative estimate of drug-likeness (QED) is 0.531. The smallest absolute Gasteiger partial charge is 0.340 e. The van der Waals surface area contributed by atoms with Crippen molar-refractivity contribution in [2.45, 2.75) is 6.54 Å². The topological polar surface area (TPSA) is 111 Å². The Morgan fingerprint density at radius 3 is 2.44 bits per heavy atom. The highest BCUT2D eigenvalue weighted by Gasteiger charge is 2.08. The van der Waals surface area contributed by atoms with Crippen LogP contribution < -0.4 is 10.5 Å². The van der Waals surface area contributed by atoms with Gasteiger partial charge in [-0.05, 0) is 29.8 Å². The van der Waals surface area contributed by atoms with Crippen molar-refractivity contribution in [3.05, 3.63) is 77.6 Å². The molecule has 0 atom stereocenters. The molecule has 27 heavy (non-hydrogen) atoms. The summed E-state index contributed by atoms with van der Waals surface area (Å²) >= 11 is 0. The molecule has 3 rings (SSSR count). The SMILES string of the molecule is N#Cc1ccc(OCOC(=O)c2ccc(-c3ccc(CN)cn3)cc2)nc1. The Labute approximate surface area is 156 Å². The van der Waals surface area contributed by atoms with Crippen molar-refractivity contribution in [2.75, 3.05) is 6.79 Å². The first-order valence-corrected chi connectivity index (χ1v) is 8.11. The van der Waals surface area contributed by atoms with E-state index in [0.717, 1.165) is 16.8 Å². The number of carbonyl (C=O) groups is 1. The van der Waals surface area contributed by atoms with Crippen LogP contribution in [-0.2, 0) is 11.3 Å². The third-order valence-electron chi connectivity index (χ3n) is 3.74. The van der Waals surface area contributed by atoms with Crippen LogP contribution in [0.5, 0.6) is 5.88 Å². The Bertz CT molecular complexity index is 947. The van der Waals surface area contributed by atoms with E-state index in [4.69, 9.17) is 20.5 Å². The number of rotatable bonds is 6. The molecule has 0 radical (unpaired) electrons. The first-order valence-electron chi connectivity index (χ1n) is 8.11. The van der Waals surface area contributed by atoms with Gasteiger partial charge in [-0.2, -0.15) is 5.26 Å². The third-order valence-corrected chi connectivity index (χ3v) is 3.74. The number of hydrogen-bond acceptors (Lipinski definition) is 7. The summed E-state index contributed by atoms with van der Waals surface area (Å²) in [4.78, 5) is 20.3. The molecule has 134 valence electrons. The maximum Gasteiger partial charge on any atom is 0.340 e. The predicted molar refractivity (Wildman–Crippen MR) is 97.4 cm³/mol. The van der Waals surface area contributed by atoms with E-state index in [1.54, 1.807) is 36.5 Å². The molecule has 1 aromatic carbocycles. The maximum atomic E-state index is 12.1. The molecule has 2 heterocycles. The van der Waals surface area contributed by atoms with E-state index in [2.05, 4.69) is 9.97 Å². The van der Waals surface area contributed by atoms with Gasteiger partial charge in [0.2, 0.25) is 12.7 Å². The number of esters is 1. The fourth-order valence-corrected chi connectivity index (χ4v) is 2.25. The normalized spacial score (nSPS) is 10.1. The number of carbonyl (C=O) groups excluding carboxylic acids is 1. The molecule has 0 fully saturated rings. The molecule has 7 heteroatoms. The van der Waals surface area contributed by atoms with Gasteiger partial charge in [-0.1, -0.05) is 18.2 Å². The van der Waals surface area contributed by atoms with Crippen LogP contribution in [0.4, 0.5) is 0 Å². The van der Waals surface area contributed by atoms with Crippen LogP contribution in [0.2, 0.25) is 0 Å². The molecular weight excluding hydrogens is 344 g/mol. The van der Waals surface area contributed by atoms with E-state index in [-0.39, 0.29) is 12.7 Å². The first kappa shape index (κ1) is 18.0. The summed E-state index contributed by atoms with van der Waals surface area (Å²) in [6.07, 6.45) is 3.11. The van der Waals surface area contributed by atoms with Gasteiger partial charge in [0.25, 0.3) is 0 Å². The van der Waals surface area contributed by atoms with E-state index >= 15 is 0 Å². The van der Waals surface area contributed by atoms with Crippen molar-refractivity contribution in [3.8, 4) is 23.2 Å². The lowest BCUT2D eigenvalue weighted by Gasteiger charge is -2.07. The zero-order valence-corrected chi connectivity index (χ0v) is 14.3. The van der Waals surface area contributed by atoms with Crippen LogP contribution in [0.25, 0.3) is 11.3 Å². The number of nitriles is 1. The second kappa shape index (κ2) is 8.56. The molecule has 0 saturated carbocycles. The van der Waals surface area contributed by atoms with Gasteiger partial charge in [-0.15, -0.1) is 0 Å². The van der Waals surface area contributed by atoms with Crippen LogP contribution in [0, 0.1) is 11.3 Å². The molecule has 0 aliphatic heterocycles. The Morgan fingerprint density at radius 1 is 1.04 bits per heavy atom. The highest BCUT2D eigenvalue weighted by atomic mass is 16.7. The van der Waals surface area contributed by atoms with E-state index in [1.807, 2.05) is 18.2 Å². The number of benzene rings is 1. The van der Waals surface area contributed by atoms with Crippen molar-refractivity contribution in [1.29, 1.82) is 5.26 Å². The molecule has 0 aliphatic carbocycles. The van der Waals surface area contributed by atoms with Crippen LogP contribution >= 0.6 is 0 Å². The average Bonchev–Trinajstić information content (AvgIpc) is 2.74. The van der Waals surface area contributed by atoms with Crippen LogP contribution in [0.3, 0.4) is 0 Å². The number of nitrogens with two attached hydrogens (primary N) is 1. The Hall–Kier alpha value is -3.76. The van der Waals surface area contributed by atoms with Crippen LogP contribution in [0.1, 0.15) is 21.5 Å². The lowest BCUT2D eigenvalue weighted by molar-refractivity contribution is 0.0141. The summed E-state index contributed by atoms with van der Waals surface area (Å²) < 4.78 is 10.3. The molecule has 2 N–H and O–H groups in total. The van der Waals surface area contributed by atoms with E-state index < -0.39 is 5.97 Å². The number of ether oxygens (including phenoxy) is 2. The zero-order chi connectivity index (χ0) is 19.1. The standard InChI is InChI=1S/C20H16N4O3/c21-9-14-1-7-18(23-11-14)16-3-5-17(6-4-16)20(25)27-13-26-19-8-2-15(10-22)12-24-19/h1-8,11-12H,9,13,21H2. The van der Waals surface area contributed by atoms with Gasteiger partial charge >= 0.3 is 5.97 Å². The van der Waals surface area contributed by atoms with Crippen molar-refractivity contribution in [3.63, 3.8) is 0 Å². The van der Waals surface area contributed by atoms with Gasteiger partial charge < -0.3 is 15.2 Å². The van der Waals surface area contributed by atoms with Crippen molar-refractivity contribution in [2.24, 2.45) is 5.73 Å². The molecular formula is C20H16N4O3. The molecule has 0 bridgehead atoms. The second-order valence-corrected chi connectivity index (χ2v) is 5.52. The minimum absolute atomic E-state index is 0.268. The molecule has 0 aliphatic rings. The van der Waals surface area contributed by atoms with Gasteiger partial charge in [0.1, 0.15) is 6.07 Å². The predicted octanol–water partition coefficient (Wildman–Crippen LogP) is 2.67. The van der Waals surface area contributed by atoms with Crippen molar-refractivity contribution in [1.82, 2.24) is 9.97 Å². The number of pyridine rings is 2. The van der Waals surface area contributed by atoms with Crippen molar-refractivity contribution >= 4 is 5.97 Å². The van der Waals surface area contributed by atoms with Gasteiger partial charge in [0, 0.05) is 30.6 Å². The minimum Gasteiger partial charge on any atom is -0.440 e. The van der Waals surface area contributed by atoms with Gasteiger partial charge in [0.15, 0.2) is 0 Å². The number of hydrogen-bond donors (Lipinski definition) is 1. The Morgan fingerprint density at radius 2 is 1.85 bits per heavy atom. The summed E-state index contributed by atoms with van der Waals surface area (Å²) in [7, 11) is 0. The highest BCUT2D eigenvalue weighted by molar-refractivity contribution is 5.89. The Kier molecular flexibility index (Phi) is 5.72. The highest BCUT2D eigenvalue weighted by Crippen LogP contribution is 2.18. The van der Waals surface area contributed by atoms with Crippen LogP contribution in [0.15, 0.2) is 60.9 Å². The van der Waals surface area contributed by atoms with E-state index in [9.17, 15) is 4.79 Å². The second-order valence-electron chi connectivity index (χ2n) is 5.52. The number of nitrogens with zero attached hydrogens (tertiary/aromatic N) is 3. The molecule has 0 saturated heterocycles. The van der Waals surface area contributed by atoms with Crippen molar-refractivity contribution < 1.29 is 14.3 Å². The van der Waals surface area contributed by atoms with E-state index in [0.29, 0.717) is 17.7 Å². The molecule has 0 amide bonds. The van der Waals surface area contributed by atoms with Crippen LogP contribution in [-0.4, -0.2) is 22.7 Å². The first-order chi connectivity index (χ1) is 13.2. The summed E-state index contributed by atoms with van der Waals surface area (Å²) in [5.74, 6) is -0.245. The summed E-state index contributed by atoms with van der Waals surface area (Å²) in [5, 5.41) is 8.71. The summed E-state index contributed by atoms with van der Waals surface area (Å²) in [6.45, 7) is 0.166. The molecule has 3 aromatic rings. The van der Waals surface area contributed by atoms with E-state index in [1.165, 1.54) is 12.3 Å². The van der Waals surface area contributed by atoms with Gasteiger partial charge in [0.05, 0.1) is 16.8 Å². The maximum absolute atomic E-state index is 12.1. The third kappa shape index (κ3) is 4.66. The molecule has 7 nitrogen and oxygen atoms in total. The Balaban J connectivity index is 1.55. The number of aromatic nitrogens is 2. The fourth-order valence-electron chi connectivity index (χ4n) is 2.25. The molecule has 0 spiro atoms. The average molecular weight is 360 g/mol. The minimum atomic E-state index is -0.512. The monoisotopic (exact) mass is 360 g/mol. The lowest BCUT2D eigenvalue weighted by atomic mass is 10.1. The zero-order valence-electron chi connectivity index (χ0n) is 14.3. The summed E-state index contributed by atoms with van der Waals surface area (Å²) in [6, 6.07) is 15.8. The van der Waals surface area contributed by atoms with Gasteiger partial charge in [-0.3, -0.25) is 4.98 Å². The fraction of sp³-hybridized carbons (Fsp3) is 0.100. The largest absolute Gasteiger partial charge is 0.440 e. The van der Waals surface area contributed by atoms with Gasteiger partial charge in [-0.25, -0.2) is 9.78 Å².